The van der Waals surface area contributed by atoms with E-state index in [1.54, 1.807) is 36.5 Å². The van der Waals surface area contributed by atoms with Crippen molar-refractivity contribution in [1.82, 2.24) is 24.3 Å². The summed E-state index contributed by atoms with van der Waals surface area (Å²) in [5.74, 6) is 0.709. The summed E-state index contributed by atoms with van der Waals surface area (Å²) in [5.41, 5.74) is 2.32. The van der Waals surface area contributed by atoms with Gasteiger partial charge in [0.05, 0.1) is 17.6 Å². The molecule has 0 saturated carbocycles. The van der Waals surface area contributed by atoms with E-state index >= 15 is 0 Å². The molecule has 1 aliphatic rings. The Hall–Kier alpha value is -3.22. The van der Waals surface area contributed by atoms with Crippen molar-refractivity contribution < 1.29 is 9.59 Å². The first-order valence-corrected chi connectivity index (χ1v) is 10.4. The quantitative estimate of drug-likeness (QED) is 0.654. The minimum absolute atomic E-state index is 0.105. The van der Waals surface area contributed by atoms with Crippen LogP contribution in [0.3, 0.4) is 0 Å². The first-order chi connectivity index (χ1) is 14.5. The fourth-order valence-electron chi connectivity index (χ4n) is 4.12. The Kier molecular flexibility index (Phi) is 5.79. The number of carbonyl (C=O) groups excluding carboxylic acids is 2. The van der Waals surface area contributed by atoms with E-state index < -0.39 is 0 Å². The Morgan fingerprint density at radius 3 is 2.67 bits per heavy atom. The number of fused-ring (bicyclic) bond motifs is 1. The van der Waals surface area contributed by atoms with Gasteiger partial charge in [-0.3, -0.25) is 14.6 Å². The fraction of sp³-hybridized carbons (Fsp3) is 0.391. The minimum Gasteiger partial charge on any atom is -0.338 e. The number of piperidine rings is 1. The van der Waals surface area contributed by atoms with Gasteiger partial charge in [0, 0.05) is 37.6 Å². The average Bonchev–Trinajstić information content (AvgIpc) is 3.11. The van der Waals surface area contributed by atoms with E-state index in [2.05, 4.69) is 11.9 Å². The molecule has 0 radical (unpaired) electrons. The molecule has 1 aliphatic heterocycles. The maximum absolute atomic E-state index is 13.1. The van der Waals surface area contributed by atoms with Crippen LogP contribution >= 0.6 is 0 Å². The van der Waals surface area contributed by atoms with Crippen LogP contribution in [0.25, 0.3) is 11.0 Å². The second-order valence-corrected chi connectivity index (χ2v) is 7.93. The number of nitrogens with zero attached hydrogens (tertiary/aromatic N) is 5. The number of likely N-dealkylation sites (tertiary alicyclic amines) is 1. The number of aromatic nitrogens is 3. The lowest BCUT2D eigenvalue weighted by atomic mass is 10.0. The molecule has 2 amide bonds. The molecule has 0 aliphatic carbocycles. The Balaban J connectivity index is 1.60. The summed E-state index contributed by atoms with van der Waals surface area (Å²) in [7, 11) is 1.75. The second kappa shape index (κ2) is 8.65. The van der Waals surface area contributed by atoms with Gasteiger partial charge < -0.3 is 14.4 Å². The summed E-state index contributed by atoms with van der Waals surface area (Å²) < 4.78 is 1.95. The van der Waals surface area contributed by atoms with Gasteiger partial charge in [-0.25, -0.2) is 4.98 Å². The van der Waals surface area contributed by atoms with E-state index in [1.807, 2.05) is 33.7 Å². The lowest BCUT2D eigenvalue weighted by Gasteiger charge is -2.33. The van der Waals surface area contributed by atoms with Crippen LogP contribution in [-0.2, 0) is 17.9 Å². The van der Waals surface area contributed by atoms with Crippen molar-refractivity contribution in [3.63, 3.8) is 0 Å². The molecule has 3 aromatic rings. The zero-order chi connectivity index (χ0) is 21.1. The molecule has 4 rings (SSSR count). The molecular weight excluding hydrogens is 378 g/mol. The van der Waals surface area contributed by atoms with E-state index in [4.69, 9.17) is 4.98 Å². The lowest BCUT2D eigenvalue weighted by molar-refractivity contribution is -0.135. The average molecular weight is 406 g/mol. The highest BCUT2D eigenvalue weighted by Crippen LogP contribution is 2.21. The predicted octanol–water partition coefficient (Wildman–Crippen LogP) is 3.10. The van der Waals surface area contributed by atoms with E-state index in [1.165, 1.54) is 6.42 Å². The van der Waals surface area contributed by atoms with Gasteiger partial charge in [0.25, 0.3) is 5.91 Å². The highest BCUT2D eigenvalue weighted by atomic mass is 16.2. The monoisotopic (exact) mass is 405 g/mol. The second-order valence-electron chi connectivity index (χ2n) is 7.93. The number of rotatable bonds is 5. The summed E-state index contributed by atoms with van der Waals surface area (Å²) in [4.78, 5) is 38.2. The fourth-order valence-corrected chi connectivity index (χ4v) is 4.12. The molecule has 1 unspecified atom stereocenters. The van der Waals surface area contributed by atoms with E-state index in [9.17, 15) is 9.59 Å². The van der Waals surface area contributed by atoms with E-state index in [0.29, 0.717) is 17.9 Å². The molecular formula is C23H27N5O2. The predicted molar refractivity (Wildman–Crippen MR) is 115 cm³/mol. The Labute approximate surface area is 176 Å². The van der Waals surface area contributed by atoms with Crippen molar-refractivity contribution in [1.29, 1.82) is 0 Å². The summed E-state index contributed by atoms with van der Waals surface area (Å²) in [6.45, 7) is 3.48. The van der Waals surface area contributed by atoms with Crippen LogP contribution in [0.4, 0.5) is 0 Å². The van der Waals surface area contributed by atoms with Crippen molar-refractivity contribution in [3.8, 4) is 0 Å². The zero-order valence-corrected chi connectivity index (χ0v) is 17.5. The number of para-hydroxylation sites is 2. The van der Waals surface area contributed by atoms with Crippen molar-refractivity contribution in [2.24, 2.45) is 0 Å². The number of imidazole rings is 1. The molecule has 7 nitrogen and oxygen atoms in total. The van der Waals surface area contributed by atoms with E-state index in [0.717, 1.165) is 30.4 Å². The smallest absolute Gasteiger partial charge is 0.254 e. The van der Waals surface area contributed by atoms with Crippen molar-refractivity contribution in [2.75, 3.05) is 13.6 Å². The van der Waals surface area contributed by atoms with Gasteiger partial charge in [0.2, 0.25) is 5.91 Å². The van der Waals surface area contributed by atoms with Crippen molar-refractivity contribution in [2.45, 2.75) is 45.3 Å². The molecule has 0 spiro atoms. The molecule has 0 N–H and O–H groups in total. The topological polar surface area (TPSA) is 71.3 Å². The van der Waals surface area contributed by atoms with Gasteiger partial charge >= 0.3 is 0 Å². The number of hydrogen-bond donors (Lipinski definition) is 0. The largest absolute Gasteiger partial charge is 0.338 e. The van der Waals surface area contributed by atoms with E-state index in [-0.39, 0.29) is 24.4 Å². The number of benzene rings is 1. The molecule has 7 heteroatoms. The molecule has 156 valence electrons. The summed E-state index contributed by atoms with van der Waals surface area (Å²) in [6.07, 6.45) is 6.49. The zero-order valence-electron chi connectivity index (χ0n) is 17.5. The molecule has 1 aromatic carbocycles. The molecule has 3 heterocycles. The van der Waals surface area contributed by atoms with Gasteiger partial charge in [0.1, 0.15) is 12.4 Å². The lowest BCUT2D eigenvalue weighted by Crippen LogP contribution is -2.43. The van der Waals surface area contributed by atoms with Crippen molar-refractivity contribution >= 4 is 22.8 Å². The summed E-state index contributed by atoms with van der Waals surface area (Å²) in [5, 5.41) is 0. The number of pyridine rings is 1. The maximum Gasteiger partial charge on any atom is 0.254 e. The number of carbonyl (C=O) groups is 2. The summed E-state index contributed by atoms with van der Waals surface area (Å²) in [6, 6.07) is 11.5. The highest BCUT2D eigenvalue weighted by Gasteiger charge is 2.25. The standard InChI is InChI=1S/C23H27N5O2/c1-17-7-5-6-14-27(17)22(29)16-28-20-9-4-3-8-19(20)25-21(28)15-26(2)23(30)18-10-12-24-13-11-18/h3-4,8-13,17H,5-7,14-16H2,1-2H3. The minimum atomic E-state index is -0.105. The van der Waals surface area contributed by atoms with Crippen LogP contribution in [0.1, 0.15) is 42.4 Å². The Morgan fingerprint density at radius 2 is 1.90 bits per heavy atom. The maximum atomic E-state index is 13.1. The normalized spacial score (nSPS) is 16.6. The highest BCUT2D eigenvalue weighted by molar-refractivity contribution is 5.93. The summed E-state index contributed by atoms with van der Waals surface area (Å²) >= 11 is 0. The van der Waals surface area contributed by atoms with Gasteiger partial charge in [-0.2, -0.15) is 0 Å². The van der Waals surface area contributed by atoms with Crippen LogP contribution in [0.15, 0.2) is 48.8 Å². The SMILES string of the molecule is CC1CCCCN1C(=O)Cn1c(CN(C)C(=O)c2ccncc2)nc2ccccc21. The van der Waals surface area contributed by atoms with Crippen LogP contribution in [0, 0.1) is 0 Å². The van der Waals surface area contributed by atoms with Gasteiger partial charge in [-0.05, 0) is 50.5 Å². The van der Waals surface area contributed by atoms with Crippen LogP contribution in [-0.4, -0.2) is 55.8 Å². The third kappa shape index (κ3) is 4.06. The van der Waals surface area contributed by atoms with Gasteiger partial charge in [-0.15, -0.1) is 0 Å². The van der Waals surface area contributed by atoms with Crippen LogP contribution < -0.4 is 0 Å². The van der Waals surface area contributed by atoms with Gasteiger partial charge in [-0.1, -0.05) is 12.1 Å². The molecule has 0 bridgehead atoms. The Morgan fingerprint density at radius 1 is 1.13 bits per heavy atom. The third-order valence-corrected chi connectivity index (χ3v) is 5.80. The first kappa shape index (κ1) is 20.1. The molecule has 2 aromatic heterocycles. The van der Waals surface area contributed by atoms with Crippen molar-refractivity contribution in [3.05, 3.63) is 60.2 Å². The number of amides is 2. The molecule has 1 saturated heterocycles. The first-order valence-electron chi connectivity index (χ1n) is 10.4. The Bertz CT molecular complexity index is 1050. The molecule has 30 heavy (non-hydrogen) atoms. The molecule has 1 fully saturated rings. The van der Waals surface area contributed by atoms with Crippen LogP contribution in [0.2, 0.25) is 0 Å². The third-order valence-electron chi connectivity index (χ3n) is 5.80. The molecule has 1 atom stereocenters. The van der Waals surface area contributed by atoms with Crippen LogP contribution in [0.5, 0.6) is 0 Å². The number of hydrogen-bond acceptors (Lipinski definition) is 4. The van der Waals surface area contributed by atoms with Gasteiger partial charge in [0.15, 0.2) is 0 Å².